The predicted octanol–water partition coefficient (Wildman–Crippen LogP) is 4.61. The molecule has 2 aliphatic rings. The number of ether oxygens (including phenoxy) is 1. The van der Waals surface area contributed by atoms with Gasteiger partial charge in [-0.05, 0) is 65.4 Å². The molecule has 0 radical (unpaired) electrons. The van der Waals surface area contributed by atoms with E-state index >= 15 is 0 Å². The molecule has 1 aliphatic carbocycles. The van der Waals surface area contributed by atoms with Gasteiger partial charge in [0.1, 0.15) is 0 Å². The van der Waals surface area contributed by atoms with Crippen molar-refractivity contribution in [1.82, 2.24) is 30.1 Å². The summed E-state index contributed by atoms with van der Waals surface area (Å²) >= 11 is 6.24. The van der Waals surface area contributed by atoms with Gasteiger partial charge in [-0.1, -0.05) is 42.6 Å². The molecule has 5 rings (SSSR count). The van der Waals surface area contributed by atoms with Gasteiger partial charge in [0.15, 0.2) is 5.82 Å². The topological polar surface area (TPSA) is 69.0 Å². The van der Waals surface area contributed by atoms with Crippen LogP contribution in [0.2, 0.25) is 5.02 Å². The zero-order chi connectivity index (χ0) is 21.8. The highest BCUT2D eigenvalue weighted by molar-refractivity contribution is 6.30. The van der Waals surface area contributed by atoms with E-state index in [4.69, 9.17) is 16.3 Å². The molecule has 7 nitrogen and oxygen atoms in total. The summed E-state index contributed by atoms with van der Waals surface area (Å²) in [5.41, 5.74) is 2.29. The maximum absolute atomic E-state index is 6.24. The molecule has 1 saturated heterocycles. The first kappa shape index (κ1) is 21.5. The van der Waals surface area contributed by atoms with E-state index < -0.39 is 0 Å². The fraction of sp³-hybridized carbons (Fsp3) is 0.500. The highest BCUT2D eigenvalue weighted by Gasteiger charge is 2.33. The Kier molecular flexibility index (Phi) is 6.76. The molecule has 3 aromatic rings. The highest BCUT2D eigenvalue weighted by atomic mass is 35.5. The van der Waals surface area contributed by atoms with Crippen LogP contribution in [0.1, 0.15) is 67.6 Å². The largest absolute Gasteiger partial charge is 0.377 e. The summed E-state index contributed by atoms with van der Waals surface area (Å²) in [6.07, 6.45) is 10.8. The summed E-state index contributed by atoms with van der Waals surface area (Å²) in [4.78, 5) is 6.77. The van der Waals surface area contributed by atoms with Crippen LogP contribution in [0.5, 0.6) is 0 Å². The standard InChI is InChI=1S/C24H29ClN6O/c25-20-11-9-19(10-12-20)23(24-27-28-29-31(24)21-6-1-2-7-21)30(17-22-8-4-14-32-22)16-18-5-3-13-26-15-18/h3,5,9-13,15,21-23H,1-2,4,6-8,14,16-17H2/t22-,23+/m0/s1. The van der Waals surface area contributed by atoms with Crippen molar-refractivity contribution < 1.29 is 4.74 Å². The number of rotatable bonds is 8. The molecule has 1 aromatic carbocycles. The number of aromatic nitrogens is 5. The van der Waals surface area contributed by atoms with E-state index in [-0.39, 0.29) is 12.1 Å². The van der Waals surface area contributed by atoms with Crippen molar-refractivity contribution >= 4 is 11.6 Å². The van der Waals surface area contributed by atoms with Gasteiger partial charge in [0.2, 0.25) is 0 Å². The first-order valence-electron chi connectivity index (χ1n) is 11.6. The first-order valence-corrected chi connectivity index (χ1v) is 11.9. The molecule has 0 unspecified atom stereocenters. The van der Waals surface area contributed by atoms with Crippen molar-refractivity contribution in [3.63, 3.8) is 0 Å². The summed E-state index contributed by atoms with van der Waals surface area (Å²) in [5.74, 6) is 0.890. The van der Waals surface area contributed by atoms with Gasteiger partial charge in [0, 0.05) is 37.1 Å². The molecule has 2 aromatic heterocycles. The molecule has 8 heteroatoms. The molecular formula is C24H29ClN6O. The number of hydrogen-bond acceptors (Lipinski definition) is 6. The second kappa shape index (κ2) is 10.1. The van der Waals surface area contributed by atoms with Gasteiger partial charge in [-0.25, -0.2) is 4.68 Å². The number of pyridine rings is 1. The average molecular weight is 453 g/mol. The van der Waals surface area contributed by atoms with E-state index in [9.17, 15) is 0 Å². The maximum Gasteiger partial charge on any atom is 0.173 e. The van der Waals surface area contributed by atoms with Crippen molar-refractivity contribution in [2.75, 3.05) is 13.2 Å². The van der Waals surface area contributed by atoms with Crippen molar-refractivity contribution in [3.05, 3.63) is 70.8 Å². The van der Waals surface area contributed by atoms with Crippen LogP contribution in [-0.2, 0) is 11.3 Å². The second-order valence-electron chi connectivity index (χ2n) is 8.80. The third kappa shape index (κ3) is 4.85. The van der Waals surface area contributed by atoms with E-state index in [2.05, 4.69) is 48.3 Å². The van der Waals surface area contributed by atoms with Crippen molar-refractivity contribution in [1.29, 1.82) is 0 Å². The molecule has 0 N–H and O–H groups in total. The van der Waals surface area contributed by atoms with Crippen LogP contribution < -0.4 is 0 Å². The van der Waals surface area contributed by atoms with E-state index in [1.807, 2.05) is 30.6 Å². The molecule has 2 atom stereocenters. The summed E-state index contributed by atoms with van der Waals surface area (Å²) in [5, 5.41) is 13.9. The van der Waals surface area contributed by atoms with Crippen molar-refractivity contribution in [3.8, 4) is 0 Å². The summed E-state index contributed by atoms with van der Waals surface area (Å²) in [6.45, 7) is 2.37. The summed E-state index contributed by atoms with van der Waals surface area (Å²) in [7, 11) is 0. The lowest BCUT2D eigenvalue weighted by molar-refractivity contribution is 0.0571. The lowest BCUT2D eigenvalue weighted by Crippen LogP contribution is -2.37. The minimum Gasteiger partial charge on any atom is -0.377 e. The van der Waals surface area contributed by atoms with E-state index in [1.165, 1.54) is 12.8 Å². The molecule has 0 spiro atoms. The smallest absolute Gasteiger partial charge is 0.173 e. The molecular weight excluding hydrogens is 424 g/mol. The number of nitrogens with zero attached hydrogens (tertiary/aromatic N) is 6. The molecule has 1 saturated carbocycles. The van der Waals surface area contributed by atoms with Crippen LogP contribution in [0.25, 0.3) is 0 Å². The highest BCUT2D eigenvalue weighted by Crippen LogP contribution is 2.35. The fourth-order valence-corrected chi connectivity index (χ4v) is 5.12. The third-order valence-electron chi connectivity index (χ3n) is 6.55. The van der Waals surface area contributed by atoms with Gasteiger partial charge in [-0.15, -0.1) is 5.10 Å². The van der Waals surface area contributed by atoms with Gasteiger partial charge < -0.3 is 4.74 Å². The summed E-state index contributed by atoms with van der Waals surface area (Å²) < 4.78 is 8.10. The molecule has 0 amide bonds. The van der Waals surface area contributed by atoms with E-state index in [0.717, 1.165) is 67.4 Å². The van der Waals surface area contributed by atoms with Crippen LogP contribution in [0, 0.1) is 0 Å². The normalized spacial score (nSPS) is 20.2. The zero-order valence-corrected chi connectivity index (χ0v) is 18.9. The minimum atomic E-state index is -0.104. The Labute approximate surface area is 193 Å². The van der Waals surface area contributed by atoms with Gasteiger partial charge in [0.25, 0.3) is 0 Å². The number of tetrazole rings is 1. The van der Waals surface area contributed by atoms with Crippen molar-refractivity contribution in [2.45, 2.75) is 63.3 Å². The first-order chi connectivity index (χ1) is 15.8. The molecule has 2 fully saturated rings. The molecule has 168 valence electrons. The Hall–Kier alpha value is -2.35. The monoisotopic (exact) mass is 452 g/mol. The van der Waals surface area contributed by atoms with Crippen LogP contribution >= 0.6 is 11.6 Å². The molecule has 32 heavy (non-hydrogen) atoms. The molecule has 0 bridgehead atoms. The predicted molar refractivity (Wildman–Crippen MR) is 122 cm³/mol. The Morgan fingerprint density at radius 2 is 1.94 bits per heavy atom. The van der Waals surface area contributed by atoms with Gasteiger partial charge in [-0.2, -0.15) is 0 Å². The maximum atomic E-state index is 6.24. The number of halogens is 1. The lowest BCUT2D eigenvalue weighted by atomic mass is 10.0. The van der Waals surface area contributed by atoms with Crippen LogP contribution in [0.4, 0.5) is 0 Å². The van der Waals surface area contributed by atoms with Gasteiger partial charge in [-0.3, -0.25) is 9.88 Å². The summed E-state index contributed by atoms with van der Waals surface area (Å²) in [6, 6.07) is 12.4. The minimum absolute atomic E-state index is 0.104. The SMILES string of the molecule is Clc1ccc([C@H](c2nnnn2C2CCCC2)N(Cc2cccnc2)C[C@@H]2CCCO2)cc1. The van der Waals surface area contributed by atoms with Crippen LogP contribution in [-0.4, -0.2) is 49.3 Å². The second-order valence-corrected chi connectivity index (χ2v) is 9.24. The molecule has 1 aliphatic heterocycles. The zero-order valence-electron chi connectivity index (χ0n) is 18.2. The van der Waals surface area contributed by atoms with Gasteiger partial charge in [0.05, 0.1) is 18.2 Å². The Morgan fingerprint density at radius 1 is 1.09 bits per heavy atom. The Bertz CT molecular complexity index is 983. The Morgan fingerprint density at radius 3 is 2.66 bits per heavy atom. The third-order valence-corrected chi connectivity index (χ3v) is 6.81. The van der Waals surface area contributed by atoms with Crippen LogP contribution in [0.3, 0.4) is 0 Å². The van der Waals surface area contributed by atoms with E-state index in [1.54, 1.807) is 0 Å². The quantitative estimate of drug-likeness (QED) is 0.497. The number of benzene rings is 1. The average Bonchev–Trinajstić information content (AvgIpc) is 3.59. The van der Waals surface area contributed by atoms with E-state index in [0.29, 0.717) is 6.04 Å². The van der Waals surface area contributed by atoms with Crippen molar-refractivity contribution in [2.24, 2.45) is 0 Å². The molecule has 3 heterocycles. The van der Waals surface area contributed by atoms with Gasteiger partial charge >= 0.3 is 0 Å². The lowest BCUT2D eigenvalue weighted by Gasteiger charge is -2.33. The number of hydrogen-bond donors (Lipinski definition) is 0. The van der Waals surface area contributed by atoms with Crippen LogP contribution in [0.15, 0.2) is 48.8 Å². The Balaban J connectivity index is 1.55. The fourth-order valence-electron chi connectivity index (χ4n) is 5.00.